The van der Waals surface area contributed by atoms with Crippen LogP contribution in [0.5, 0.6) is 23.0 Å². The van der Waals surface area contributed by atoms with E-state index in [0.717, 1.165) is 11.1 Å². The van der Waals surface area contributed by atoms with Crippen LogP contribution < -0.4 is 20.2 Å². The van der Waals surface area contributed by atoms with Crippen molar-refractivity contribution in [3.05, 3.63) is 70.3 Å². The first kappa shape index (κ1) is 11.4. The summed E-state index contributed by atoms with van der Waals surface area (Å²) in [4.78, 5) is 9.08. The van der Waals surface area contributed by atoms with Gasteiger partial charge in [0.05, 0.1) is 2.74 Å². The Kier molecular flexibility index (Phi) is 2.22. The Morgan fingerprint density at radius 1 is 0.708 bits per heavy atom. The van der Waals surface area contributed by atoms with Crippen LogP contribution in [-0.2, 0) is 0 Å². The van der Waals surface area contributed by atoms with Crippen LogP contribution in [0.1, 0.15) is 13.9 Å². The summed E-state index contributed by atoms with van der Waals surface area (Å²) < 4.78 is 28.9. The number of rotatable bonds is 0. The van der Waals surface area contributed by atoms with Crippen molar-refractivity contribution in [3.63, 3.8) is 0 Å². The molecule has 4 nitrogen and oxygen atoms in total. The number of hydrogen-bond donors (Lipinski definition) is 0. The molecule has 0 saturated heterocycles. The number of benzene rings is 3. The topological polar surface area (TPSA) is 43.2 Å². The largest absolute Gasteiger partial charge is 0.453 e. The second kappa shape index (κ2) is 4.68. The van der Waals surface area contributed by atoms with E-state index in [4.69, 9.17) is 12.2 Å². The predicted molar refractivity (Wildman–Crippen MR) is 90.6 cm³/mol. The highest BCUT2D eigenvalue weighted by molar-refractivity contribution is 5.60. The van der Waals surface area contributed by atoms with Crippen molar-refractivity contribution in [2.45, 2.75) is 13.8 Å². The average molecular weight is 318 g/mol. The van der Waals surface area contributed by atoms with E-state index < -0.39 is 0 Å². The third kappa shape index (κ3) is 2.00. The van der Waals surface area contributed by atoms with Crippen LogP contribution in [-0.4, -0.2) is 0 Å². The zero-order chi connectivity index (χ0) is 18.0. The van der Waals surface area contributed by atoms with Crippen LogP contribution in [0.3, 0.4) is 0 Å². The molecule has 0 N–H and O–H groups in total. The van der Waals surface area contributed by atoms with Crippen molar-refractivity contribution in [2.75, 3.05) is 0 Å². The van der Waals surface area contributed by atoms with Crippen molar-refractivity contribution < 1.29 is 12.2 Å². The first-order valence-corrected chi connectivity index (χ1v) is 7.69. The van der Waals surface area contributed by atoms with Gasteiger partial charge in [0, 0.05) is 12.1 Å². The lowest BCUT2D eigenvalue weighted by atomic mass is 10.1. The van der Waals surface area contributed by atoms with Crippen LogP contribution in [0.25, 0.3) is 0 Å². The van der Waals surface area contributed by atoms with Crippen LogP contribution in [0.15, 0.2) is 58.5 Å². The minimum absolute atomic E-state index is 0.0770. The second-order valence-corrected chi connectivity index (χ2v) is 5.98. The van der Waals surface area contributed by atoms with E-state index in [-0.39, 0.29) is 23.6 Å². The molecule has 116 valence electrons. The lowest BCUT2D eigenvalue weighted by Crippen LogP contribution is -2.18. The Hall–Kier alpha value is -3.14. The molecule has 0 unspecified atom stereocenters. The van der Waals surface area contributed by atoms with E-state index in [9.17, 15) is 0 Å². The second-order valence-electron chi connectivity index (χ2n) is 5.98. The molecule has 2 heterocycles. The van der Waals surface area contributed by atoms with Gasteiger partial charge in [-0.3, -0.25) is 0 Å². The maximum atomic E-state index is 8.54. The van der Waals surface area contributed by atoms with E-state index in [0.29, 0.717) is 33.6 Å². The predicted octanol–water partition coefficient (Wildman–Crippen LogP) is 4.42. The Morgan fingerprint density at radius 2 is 1.17 bits per heavy atom. The minimum atomic E-state index is 0.0770. The summed E-state index contributed by atoms with van der Waals surface area (Å²) >= 11 is 0. The molecule has 0 saturated carbocycles. The summed E-state index contributed by atoms with van der Waals surface area (Å²) in [5.41, 5.74) is 3.35. The van der Waals surface area contributed by atoms with Crippen LogP contribution >= 0.6 is 0 Å². The quantitative estimate of drug-likeness (QED) is 0.424. The van der Waals surface area contributed by atoms with Gasteiger partial charge in [-0.1, -0.05) is 12.1 Å². The molecule has 2 aliphatic rings. The molecular weight excluding hydrogens is 300 g/mol. The molecule has 2 aliphatic heterocycles. The van der Waals surface area contributed by atoms with Gasteiger partial charge in [-0.15, -0.1) is 0 Å². The molecule has 0 aliphatic carbocycles. The fourth-order valence-corrected chi connectivity index (χ4v) is 2.80. The van der Waals surface area contributed by atoms with E-state index in [2.05, 4.69) is 9.98 Å². The summed E-state index contributed by atoms with van der Waals surface area (Å²) in [6.45, 7) is 3.93. The summed E-state index contributed by atoms with van der Waals surface area (Å²) in [7, 11) is 0. The number of hydrogen-bond acceptors (Lipinski definition) is 4. The molecule has 0 atom stereocenters. The first-order chi connectivity index (χ1) is 12.5. The summed E-state index contributed by atoms with van der Waals surface area (Å²) in [6, 6.07) is 11.5. The Labute approximate surface area is 141 Å². The average Bonchev–Trinajstić information content (AvgIpc) is 2.63. The minimum Gasteiger partial charge on any atom is -0.453 e. The lowest BCUT2D eigenvalue weighted by Gasteiger charge is -2.18. The van der Waals surface area contributed by atoms with Crippen LogP contribution in [0, 0.1) is 13.8 Å². The van der Waals surface area contributed by atoms with E-state index in [1.165, 1.54) is 0 Å². The molecule has 0 spiro atoms. The van der Waals surface area contributed by atoms with Crippen LogP contribution in [0.4, 0.5) is 11.4 Å². The first-order valence-electron chi connectivity index (χ1n) is 8.69. The van der Waals surface area contributed by atoms with Crippen molar-refractivity contribution in [3.8, 4) is 23.0 Å². The zero-order valence-corrected chi connectivity index (χ0v) is 13.2. The number of fused-ring (bicyclic) bond motifs is 4. The third-order valence-electron chi connectivity index (χ3n) is 4.01. The molecular formula is C20H14N2O2. The summed E-state index contributed by atoms with van der Waals surface area (Å²) in [6.07, 6.45) is 0. The molecule has 0 aromatic heterocycles. The number of ether oxygens (including phenoxy) is 2. The summed E-state index contributed by atoms with van der Waals surface area (Å²) in [5, 5.41) is 0.604. The normalized spacial score (nSPS) is 14.2. The molecule has 5 rings (SSSR count). The van der Waals surface area contributed by atoms with Crippen molar-refractivity contribution in [1.29, 1.82) is 0 Å². The Morgan fingerprint density at radius 3 is 1.62 bits per heavy atom. The van der Waals surface area contributed by atoms with Gasteiger partial charge in [-0.25, -0.2) is 9.98 Å². The van der Waals surface area contributed by atoms with Gasteiger partial charge in [0.15, 0.2) is 23.0 Å². The van der Waals surface area contributed by atoms with E-state index in [1.807, 2.05) is 50.2 Å². The highest BCUT2D eigenvalue weighted by atomic mass is 16.5. The van der Waals surface area contributed by atoms with Gasteiger partial charge < -0.3 is 9.47 Å². The van der Waals surface area contributed by atoms with Crippen LogP contribution in [0.2, 0.25) is 0 Å². The maximum Gasteiger partial charge on any atom is 0.155 e. The Balaban J connectivity index is 1.83. The molecule has 0 amide bonds. The monoisotopic (exact) mass is 318 g/mol. The number of nitrogens with zero attached hydrogens (tertiary/aromatic N) is 2. The number of aryl methyl sites for hydroxylation is 2. The molecule has 0 radical (unpaired) electrons. The van der Waals surface area contributed by atoms with Gasteiger partial charge in [-0.05, 0) is 49.2 Å². The molecule has 3 aromatic rings. The fraction of sp³-hybridized carbons (Fsp3) is 0.100. The third-order valence-corrected chi connectivity index (χ3v) is 4.01. The highest BCUT2D eigenvalue weighted by Crippen LogP contribution is 2.37. The van der Waals surface area contributed by atoms with Gasteiger partial charge in [0.1, 0.15) is 22.1 Å². The molecule has 24 heavy (non-hydrogen) atoms. The molecule has 0 fully saturated rings. The van der Waals surface area contributed by atoms with Gasteiger partial charge in [0.2, 0.25) is 0 Å². The highest BCUT2D eigenvalue weighted by Gasteiger charge is 2.18. The van der Waals surface area contributed by atoms with Gasteiger partial charge in [0.25, 0.3) is 0 Å². The fourth-order valence-electron chi connectivity index (χ4n) is 2.80. The van der Waals surface area contributed by atoms with E-state index in [1.54, 1.807) is 0 Å². The lowest BCUT2D eigenvalue weighted by molar-refractivity contribution is 0.450. The van der Waals surface area contributed by atoms with Gasteiger partial charge in [-0.2, -0.15) is 0 Å². The Bertz CT molecular complexity index is 1140. The standard InChI is InChI=1S/C20H14N2O2/c1-11-3-5-13-17(7-11)23-19-9-16-20(10-15(19)21-13)24-18-8-12(2)4-6-14(18)22-16/h3-10H,1-2H3/i9T,10T. The summed E-state index contributed by atoms with van der Waals surface area (Å²) in [5.74, 6) is 1.65. The molecule has 3 aromatic carbocycles. The molecule has 0 bridgehead atoms. The van der Waals surface area contributed by atoms with Crippen molar-refractivity contribution in [1.82, 2.24) is 0 Å². The van der Waals surface area contributed by atoms with Crippen molar-refractivity contribution in [2.24, 2.45) is 9.98 Å². The zero-order valence-electron chi connectivity index (χ0n) is 15.2. The van der Waals surface area contributed by atoms with Gasteiger partial charge >= 0.3 is 0 Å². The molecule has 4 heteroatoms. The van der Waals surface area contributed by atoms with Crippen molar-refractivity contribution >= 4 is 11.4 Å². The SMILES string of the molecule is [3H]c1c2c(c([3H])c3c1=Nc1ccc(C)cc1O3)=Nc1ccc(C)cc1O2. The smallest absolute Gasteiger partial charge is 0.155 e. The maximum absolute atomic E-state index is 8.54. The van der Waals surface area contributed by atoms with E-state index >= 15 is 0 Å².